The third-order valence-corrected chi connectivity index (χ3v) is 3.24. The zero-order valence-corrected chi connectivity index (χ0v) is 10.5. The number of hydrogen-bond donors (Lipinski definition) is 0. The van der Waals surface area contributed by atoms with Gasteiger partial charge in [-0.15, -0.1) is 0 Å². The summed E-state index contributed by atoms with van der Waals surface area (Å²) in [5, 5.41) is 8.61. The second kappa shape index (κ2) is 5.62. The van der Waals surface area contributed by atoms with Gasteiger partial charge in [0, 0.05) is 25.6 Å². The molecule has 0 aromatic heterocycles. The second-order valence-electron chi connectivity index (χ2n) is 4.80. The summed E-state index contributed by atoms with van der Waals surface area (Å²) in [5.41, 5.74) is 0.240. The average Bonchev–Trinajstić information content (AvgIpc) is 3.18. The SMILES string of the molecule is N#CCCN(Cc1ccc(C(F)(F)F)cc1)C1CC1. The van der Waals surface area contributed by atoms with E-state index in [1.165, 1.54) is 12.1 Å². The van der Waals surface area contributed by atoms with Gasteiger partial charge >= 0.3 is 6.18 Å². The van der Waals surface area contributed by atoms with Gasteiger partial charge in [-0.05, 0) is 30.5 Å². The van der Waals surface area contributed by atoms with Crippen LogP contribution in [0.1, 0.15) is 30.4 Å². The molecule has 19 heavy (non-hydrogen) atoms. The van der Waals surface area contributed by atoms with Crippen molar-refractivity contribution in [1.29, 1.82) is 5.26 Å². The molecular weight excluding hydrogens is 253 g/mol. The summed E-state index contributed by atoms with van der Waals surface area (Å²) in [7, 11) is 0. The van der Waals surface area contributed by atoms with Crippen molar-refractivity contribution < 1.29 is 13.2 Å². The van der Waals surface area contributed by atoms with E-state index < -0.39 is 11.7 Å². The van der Waals surface area contributed by atoms with Gasteiger partial charge in [-0.1, -0.05) is 12.1 Å². The molecule has 0 saturated heterocycles. The van der Waals surface area contributed by atoms with E-state index in [9.17, 15) is 13.2 Å². The average molecular weight is 268 g/mol. The van der Waals surface area contributed by atoms with Crippen LogP contribution in [0.5, 0.6) is 0 Å². The zero-order valence-electron chi connectivity index (χ0n) is 10.5. The molecule has 0 heterocycles. The van der Waals surface area contributed by atoms with Crippen molar-refractivity contribution >= 4 is 0 Å². The van der Waals surface area contributed by atoms with E-state index in [1.807, 2.05) is 0 Å². The Morgan fingerprint density at radius 1 is 1.21 bits per heavy atom. The highest BCUT2D eigenvalue weighted by atomic mass is 19.4. The molecule has 0 spiro atoms. The minimum absolute atomic E-state index is 0.455. The van der Waals surface area contributed by atoms with Gasteiger partial charge in [0.1, 0.15) is 0 Å². The summed E-state index contributed by atoms with van der Waals surface area (Å²) in [6.45, 7) is 1.30. The lowest BCUT2D eigenvalue weighted by molar-refractivity contribution is -0.137. The molecule has 1 aliphatic rings. The molecule has 1 fully saturated rings. The topological polar surface area (TPSA) is 27.0 Å². The highest BCUT2D eigenvalue weighted by Gasteiger charge is 2.31. The molecule has 0 unspecified atom stereocenters. The van der Waals surface area contributed by atoms with Gasteiger partial charge in [-0.25, -0.2) is 0 Å². The Balaban J connectivity index is 1.99. The molecule has 1 aliphatic carbocycles. The summed E-state index contributed by atoms with van der Waals surface area (Å²) in [6.07, 6.45) is -1.59. The monoisotopic (exact) mass is 268 g/mol. The Morgan fingerprint density at radius 2 is 1.84 bits per heavy atom. The first-order valence-corrected chi connectivity index (χ1v) is 6.28. The first kappa shape index (κ1) is 13.9. The lowest BCUT2D eigenvalue weighted by Crippen LogP contribution is -2.26. The minimum Gasteiger partial charge on any atom is -0.295 e. The number of benzene rings is 1. The molecule has 1 aromatic carbocycles. The number of rotatable bonds is 5. The fraction of sp³-hybridized carbons (Fsp3) is 0.500. The molecule has 0 aliphatic heterocycles. The molecular formula is C14H15F3N2. The molecule has 102 valence electrons. The van der Waals surface area contributed by atoms with Crippen molar-refractivity contribution in [3.05, 3.63) is 35.4 Å². The molecule has 2 nitrogen and oxygen atoms in total. The van der Waals surface area contributed by atoms with Crippen LogP contribution in [-0.2, 0) is 12.7 Å². The first-order valence-electron chi connectivity index (χ1n) is 6.28. The smallest absolute Gasteiger partial charge is 0.295 e. The Labute approximate surface area is 110 Å². The lowest BCUT2D eigenvalue weighted by Gasteiger charge is -2.20. The van der Waals surface area contributed by atoms with Crippen LogP contribution in [0.25, 0.3) is 0 Å². The van der Waals surface area contributed by atoms with Crippen LogP contribution < -0.4 is 0 Å². The zero-order chi connectivity index (χ0) is 13.9. The maximum atomic E-state index is 12.4. The van der Waals surface area contributed by atoms with Gasteiger partial charge in [0.05, 0.1) is 11.6 Å². The van der Waals surface area contributed by atoms with E-state index >= 15 is 0 Å². The maximum absolute atomic E-state index is 12.4. The van der Waals surface area contributed by atoms with Crippen LogP contribution in [0.2, 0.25) is 0 Å². The van der Waals surface area contributed by atoms with Crippen LogP contribution in [-0.4, -0.2) is 17.5 Å². The highest BCUT2D eigenvalue weighted by molar-refractivity contribution is 5.24. The Hall–Kier alpha value is -1.54. The largest absolute Gasteiger partial charge is 0.416 e. The summed E-state index contributed by atoms with van der Waals surface area (Å²) in [4.78, 5) is 2.17. The molecule has 5 heteroatoms. The third kappa shape index (κ3) is 3.97. The summed E-state index contributed by atoms with van der Waals surface area (Å²) >= 11 is 0. The van der Waals surface area contributed by atoms with Crippen molar-refractivity contribution in [1.82, 2.24) is 4.90 Å². The normalized spacial score (nSPS) is 15.5. The van der Waals surface area contributed by atoms with Crippen LogP contribution in [0.4, 0.5) is 13.2 Å². The van der Waals surface area contributed by atoms with Gasteiger partial charge < -0.3 is 0 Å². The fourth-order valence-corrected chi connectivity index (χ4v) is 2.06. The van der Waals surface area contributed by atoms with Crippen LogP contribution in [0, 0.1) is 11.3 Å². The first-order chi connectivity index (χ1) is 9.00. The van der Waals surface area contributed by atoms with Crippen LogP contribution >= 0.6 is 0 Å². The fourth-order valence-electron chi connectivity index (χ4n) is 2.06. The number of alkyl halides is 3. The standard InChI is InChI=1S/C14H15F3N2/c15-14(16,17)12-4-2-11(3-5-12)10-19(9-1-8-18)13-6-7-13/h2-5,13H,1,6-7,9-10H2. The van der Waals surface area contributed by atoms with Crippen molar-refractivity contribution in [3.8, 4) is 6.07 Å². The number of nitrogens with zero attached hydrogens (tertiary/aromatic N) is 2. The molecule has 0 bridgehead atoms. The number of hydrogen-bond acceptors (Lipinski definition) is 2. The molecule has 1 saturated carbocycles. The number of nitriles is 1. The lowest BCUT2D eigenvalue weighted by atomic mass is 10.1. The Bertz CT molecular complexity index is 455. The van der Waals surface area contributed by atoms with E-state index in [4.69, 9.17) is 5.26 Å². The molecule has 2 rings (SSSR count). The van der Waals surface area contributed by atoms with Crippen molar-refractivity contribution in [2.75, 3.05) is 6.54 Å². The molecule has 0 amide bonds. The minimum atomic E-state index is -4.28. The van der Waals surface area contributed by atoms with E-state index in [0.29, 0.717) is 25.6 Å². The van der Waals surface area contributed by atoms with E-state index in [-0.39, 0.29) is 0 Å². The number of halogens is 3. The van der Waals surface area contributed by atoms with Gasteiger partial charge in [-0.3, -0.25) is 4.90 Å². The van der Waals surface area contributed by atoms with Crippen molar-refractivity contribution in [2.24, 2.45) is 0 Å². The van der Waals surface area contributed by atoms with Crippen LogP contribution in [0.3, 0.4) is 0 Å². The van der Waals surface area contributed by atoms with E-state index in [0.717, 1.165) is 30.5 Å². The summed E-state index contributed by atoms with van der Waals surface area (Å²) in [6, 6.07) is 7.87. The highest BCUT2D eigenvalue weighted by Crippen LogP contribution is 2.31. The predicted molar refractivity (Wildman–Crippen MR) is 65.1 cm³/mol. The van der Waals surface area contributed by atoms with Gasteiger partial charge in [0.2, 0.25) is 0 Å². The Kier molecular flexibility index (Phi) is 4.11. The van der Waals surface area contributed by atoms with Gasteiger partial charge in [0.15, 0.2) is 0 Å². The summed E-state index contributed by atoms with van der Waals surface area (Å²) in [5.74, 6) is 0. The van der Waals surface area contributed by atoms with Crippen LogP contribution in [0.15, 0.2) is 24.3 Å². The third-order valence-electron chi connectivity index (χ3n) is 3.24. The molecule has 0 atom stereocenters. The predicted octanol–water partition coefficient (Wildman–Crippen LogP) is 3.58. The van der Waals surface area contributed by atoms with Gasteiger partial charge in [0.25, 0.3) is 0 Å². The Morgan fingerprint density at radius 3 is 2.32 bits per heavy atom. The van der Waals surface area contributed by atoms with E-state index in [1.54, 1.807) is 0 Å². The molecule has 0 radical (unpaired) electrons. The maximum Gasteiger partial charge on any atom is 0.416 e. The molecule has 0 N–H and O–H groups in total. The summed E-state index contributed by atoms with van der Waals surface area (Å²) < 4.78 is 37.3. The van der Waals surface area contributed by atoms with Crippen molar-refractivity contribution in [2.45, 2.75) is 38.0 Å². The quantitative estimate of drug-likeness (QED) is 0.816. The van der Waals surface area contributed by atoms with Gasteiger partial charge in [-0.2, -0.15) is 18.4 Å². The van der Waals surface area contributed by atoms with Crippen molar-refractivity contribution in [3.63, 3.8) is 0 Å². The van der Waals surface area contributed by atoms with E-state index in [2.05, 4.69) is 11.0 Å². The second-order valence-corrected chi connectivity index (χ2v) is 4.80. The molecule has 1 aromatic rings.